The molecule has 0 aromatic carbocycles. The van der Waals surface area contributed by atoms with Gasteiger partial charge in [-0.25, -0.2) is 14.8 Å². The molecular weight excluding hydrogens is 412 g/mol. The third kappa shape index (κ3) is 3.72. The fourth-order valence-corrected chi connectivity index (χ4v) is 4.90. The highest BCUT2D eigenvalue weighted by atomic mass is 16.5. The number of amides is 1. The molecule has 2 aliphatic heterocycles. The Labute approximate surface area is 184 Å². The zero-order valence-corrected chi connectivity index (χ0v) is 17.7. The Morgan fingerprint density at radius 3 is 2.75 bits per heavy atom. The predicted octanol–water partition coefficient (Wildman–Crippen LogP) is 1.52. The molecule has 164 valence electrons. The first-order valence-corrected chi connectivity index (χ1v) is 10.7. The lowest BCUT2D eigenvalue weighted by atomic mass is 9.69. The van der Waals surface area contributed by atoms with Crippen molar-refractivity contribution < 1.29 is 14.3 Å². The second kappa shape index (κ2) is 8.11. The number of carbonyl (C=O) groups excluding carboxylic acids is 2. The van der Waals surface area contributed by atoms with Crippen molar-refractivity contribution in [2.45, 2.75) is 51.6 Å². The number of aromatic nitrogens is 6. The van der Waals surface area contributed by atoms with Gasteiger partial charge in [0.1, 0.15) is 18.6 Å². The SMILES string of the molecule is CC1CC2(CCC(C#[N+]Cc3cnc(-n4cnnn4)cn3)CC2)C(=O)N1C1=CC(=O)OC1. The zero-order chi connectivity index (χ0) is 22.1. The minimum atomic E-state index is -0.370. The zero-order valence-electron chi connectivity index (χ0n) is 17.7. The maximum Gasteiger partial charge on any atom is 0.333 e. The molecule has 11 heteroatoms. The molecule has 5 rings (SSSR count). The van der Waals surface area contributed by atoms with Crippen molar-refractivity contribution in [3.05, 3.63) is 41.0 Å². The molecule has 2 aromatic rings. The molecule has 0 N–H and O–H groups in total. The Hall–Kier alpha value is -3.68. The van der Waals surface area contributed by atoms with Gasteiger partial charge >= 0.3 is 12.5 Å². The first-order chi connectivity index (χ1) is 15.5. The Morgan fingerprint density at radius 1 is 1.25 bits per heavy atom. The van der Waals surface area contributed by atoms with Gasteiger partial charge in [-0.1, -0.05) is 4.85 Å². The van der Waals surface area contributed by atoms with Crippen LogP contribution in [0.15, 0.2) is 30.5 Å². The number of hydrogen-bond donors (Lipinski definition) is 0. The molecule has 2 fully saturated rings. The van der Waals surface area contributed by atoms with Crippen LogP contribution in [0, 0.1) is 17.4 Å². The number of hydrogen-bond acceptors (Lipinski definition) is 8. The van der Waals surface area contributed by atoms with E-state index in [4.69, 9.17) is 4.74 Å². The van der Waals surface area contributed by atoms with E-state index in [1.165, 1.54) is 17.1 Å². The molecule has 1 saturated heterocycles. The van der Waals surface area contributed by atoms with Crippen molar-refractivity contribution >= 4 is 11.9 Å². The number of nitrogens with zero attached hydrogens (tertiary/aromatic N) is 8. The van der Waals surface area contributed by atoms with Gasteiger partial charge in [-0.3, -0.25) is 4.79 Å². The topological polar surface area (TPSA) is 120 Å². The average Bonchev–Trinajstić information content (AvgIpc) is 3.52. The van der Waals surface area contributed by atoms with Crippen LogP contribution in [0.2, 0.25) is 0 Å². The van der Waals surface area contributed by atoms with Crippen LogP contribution in [0.4, 0.5) is 0 Å². The van der Waals surface area contributed by atoms with Gasteiger partial charge in [-0.05, 0) is 49.5 Å². The number of ether oxygens (including phenoxy) is 1. The lowest BCUT2D eigenvalue weighted by Crippen LogP contribution is -2.38. The van der Waals surface area contributed by atoms with Crippen molar-refractivity contribution in [1.29, 1.82) is 0 Å². The van der Waals surface area contributed by atoms with Gasteiger partial charge in [-0.2, -0.15) is 4.68 Å². The normalized spacial score (nSPS) is 27.3. The molecule has 1 unspecified atom stereocenters. The van der Waals surface area contributed by atoms with E-state index < -0.39 is 0 Å². The van der Waals surface area contributed by atoms with Gasteiger partial charge in [0.25, 0.3) is 6.07 Å². The highest BCUT2D eigenvalue weighted by Crippen LogP contribution is 2.49. The summed E-state index contributed by atoms with van der Waals surface area (Å²) in [5.74, 6) is 0.521. The summed E-state index contributed by atoms with van der Waals surface area (Å²) in [6.45, 7) is 2.63. The molecule has 1 aliphatic carbocycles. The van der Waals surface area contributed by atoms with Crippen molar-refractivity contribution in [2.75, 3.05) is 6.61 Å². The van der Waals surface area contributed by atoms with Crippen molar-refractivity contribution in [3.8, 4) is 11.9 Å². The number of esters is 1. The number of tetrazole rings is 1. The maximum atomic E-state index is 13.3. The Bertz CT molecular complexity index is 1110. The summed E-state index contributed by atoms with van der Waals surface area (Å²) in [5.41, 5.74) is 1.08. The van der Waals surface area contributed by atoms with Gasteiger partial charge in [0.05, 0.1) is 29.4 Å². The van der Waals surface area contributed by atoms with Gasteiger partial charge in [-0.15, -0.1) is 5.10 Å². The van der Waals surface area contributed by atoms with E-state index >= 15 is 0 Å². The van der Waals surface area contributed by atoms with Crippen LogP contribution in [0.5, 0.6) is 0 Å². The predicted molar refractivity (Wildman–Crippen MR) is 110 cm³/mol. The van der Waals surface area contributed by atoms with Crippen LogP contribution in [0.1, 0.15) is 44.7 Å². The summed E-state index contributed by atoms with van der Waals surface area (Å²) < 4.78 is 6.44. The first-order valence-electron chi connectivity index (χ1n) is 10.7. The average molecular weight is 435 g/mol. The first kappa shape index (κ1) is 20.2. The van der Waals surface area contributed by atoms with Crippen LogP contribution in [-0.2, 0) is 20.9 Å². The number of carbonyl (C=O) groups is 2. The second-order valence-corrected chi connectivity index (χ2v) is 8.59. The largest absolute Gasteiger partial charge is 0.456 e. The summed E-state index contributed by atoms with van der Waals surface area (Å²) >= 11 is 0. The number of cyclic esters (lactones) is 1. The van der Waals surface area contributed by atoms with E-state index in [-0.39, 0.29) is 35.9 Å². The highest BCUT2D eigenvalue weighted by Gasteiger charge is 2.53. The van der Waals surface area contributed by atoms with Crippen LogP contribution in [-0.4, -0.2) is 59.6 Å². The van der Waals surface area contributed by atoms with Crippen LogP contribution >= 0.6 is 0 Å². The molecule has 0 bridgehead atoms. The Kier molecular flexibility index (Phi) is 5.13. The van der Waals surface area contributed by atoms with Crippen LogP contribution in [0.25, 0.3) is 10.7 Å². The molecule has 11 nitrogen and oxygen atoms in total. The van der Waals surface area contributed by atoms with E-state index in [2.05, 4.69) is 36.4 Å². The Morgan fingerprint density at radius 2 is 2.09 bits per heavy atom. The maximum absolute atomic E-state index is 13.3. The van der Waals surface area contributed by atoms with E-state index in [0.29, 0.717) is 18.1 Å². The molecule has 1 atom stereocenters. The second-order valence-electron chi connectivity index (χ2n) is 8.59. The third-order valence-corrected chi connectivity index (χ3v) is 6.49. The van der Waals surface area contributed by atoms with E-state index in [0.717, 1.165) is 37.8 Å². The third-order valence-electron chi connectivity index (χ3n) is 6.49. The summed E-state index contributed by atoms with van der Waals surface area (Å²) in [6.07, 6.45) is 10.3. The lowest BCUT2D eigenvalue weighted by molar-refractivity contribution is -0.138. The molecule has 0 radical (unpaired) electrons. The molecule has 4 heterocycles. The van der Waals surface area contributed by atoms with Gasteiger partial charge in [0.2, 0.25) is 5.91 Å². The highest BCUT2D eigenvalue weighted by molar-refractivity contribution is 5.91. The molecule has 1 saturated carbocycles. The summed E-state index contributed by atoms with van der Waals surface area (Å²) in [6, 6.07) is 3.31. The van der Waals surface area contributed by atoms with E-state index in [9.17, 15) is 9.59 Å². The van der Waals surface area contributed by atoms with E-state index in [1.54, 1.807) is 17.3 Å². The summed E-state index contributed by atoms with van der Waals surface area (Å²) in [4.78, 5) is 39.5. The fourth-order valence-electron chi connectivity index (χ4n) is 4.90. The van der Waals surface area contributed by atoms with Crippen LogP contribution < -0.4 is 0 Å². The van der Waals surface area contributed by atoms with Gasteiger partial charge < -0.3 is 9.64 Å². The summed E-state index contributed by atoms with van der Waals surface area (Å²) in [7, 11) is 0. The van der Waals surface area contributed by atoms with Gasteiger partial charge in [0, 0.05) is 12.1 Å². The lowest BCUT2D eigenvalue weighted by Gasteiger charge is -2.32. The van der Waals surface area contributed by atoms with Crippen molar-refractivity contribution in [1.82, 2.24) is 35.1 Å². The molecule has 32 heavy (non-hydrogen) atoms. The van der Waals surface area contributed by atoms with Crippen LogP contribution in [0.3, 0.4) is 0 Å². The monoisotopic (exact) mass is 435 g/mol. The van der Waals surface area contributed by atoms with Crippen molar-refractivity contribution in [3.63, 3.8) is 0 Å². The molecule has 2 aromatic heterocycles. The quantitative estimate of drug-likeness (QED) is 0.666. The summed E-state index contributed by atoms with van der Waals surface area (Å²) in [5, 5.41) is 10.9. The minimum absolute atomic E-state index is 0.0762. The molecule has 1 spiro atoms. The standard InChI is InChI=1S/C21H23N8O3/c1-14-7-21(20(31)29(14)17-6-19(30)32-12-17)4-2-15(3-5-21)8-22-9-16-10-24-18(11-23-16)28-13-25-26-27-28/h6,10-11,13-15H,2-5,7,9,12H2,1H3/q+1. The Balaban J connectivity index is 1.17. The number of likely N-dealkylation sites (tertiary alicyclic amines) is 1. The molecule has 1 amide bonds. The van der Waals surface area contributed by atoms with E-state index in [1.807, 2.05) is 6.92 Å². The molecule has 3 aliphatic rings. The fraction of sp³-hybridized carbons (Fsp3) is 0.524. The molecular formula is C21H23N8O3+. The number of rotatable bonds is 3. The minimum Gasteiger partial charge on any atom is -0.456 e. The van der Waals surface area contributed by atoms with Gasteiger partial charge in [0.15, 0.2) is 5.82 Å². The van der Waals surface area contributed by atoms with Crippen molar-refractivity contribution in [2.24, 2.45) is 11.3 Å². The smallest absolute Gasteiger partial charge is 0.333 e.